The van der Waals surface area contributed by atoms with Crippen LogP contribution in [0.4, 0.5) is 5.69 Å². The van der Waals surface area contributed by atoms with Gasteiger partial charge in [-0.1, -0.05) is 49.4 Å². The van der Waals surface area contributed by atoms with Gasteiger partial charge in [-0.05, 0) is 49.9 Å². The topological polar surface area (TPSA) is 86.8 Å². The molecule has 0 aromatic heterocycles. The van der Waals surface area contributed by atoms with E-state index in [0.717, 1.165) is 27.3 Å². The summed E-state index contributed by atoms with van der Waals surface area (Å²) in [5.41, 5.74) is 3.04. The van der Waals surface area contributed by atoms with Crippen LogP contribution in [-0.4, -0.2) is 50.5 Å². The van der Waals surface area contributed by atoms with Crippen molar-refractivity contribution in [1.29, 1.82) is 0 Å². The third-order valence-corrected chi connectivity index (χ3v) is 6.58. The molecule has 2 aromatic carbocycles. The summed E-state index contributed by atoms with van der Waals surface area (Å²) in [7, 11) is -3.74. The molecule has 1 atom stereocenters. The van der Waals surface area contributed by atoms with Crippen LogP contribution in [0.5, 0.6) is 0 Å². The van der Waals surface area contributed by atoms with Crippen molar-refractivity contribution in [2.24, 2.45) is 0 Å². The number of likely N-dealkylation sites (N-methyl/N-ethyl adjacent to an activating group) is 1. The lowest BCUT2D eigenvalue weighted by atomic mass is 10.1. The molecule has 7 nitrogen and oxygen atoms in total. The van der Waals surface area contributed by atoms with Crippen molar-refractivity contribution >= 4 is 27.5 Å². The lowest BCUT2D eigenvalue weighted by Crippen LogP contribution is -2.52. The van der Waals surface area contributed by atoms with Crippen molar-refractivity contribution in [1.82, 2.24) is 10.2 Å². The van der Waals surface area contributed by atoms with E-state index in [1.807, 2.05) is 64.1 Å². The molecule has 0 saturated heterocycles. The monoisotopic (exact) mass is 459 g/mol. The Morgan fingerprint density at radius 2 is 1.66 bits per heavy atom. The third-order valence-electron chi connectivity index (χ3n) is 5.46. The van der Waals surface area contributed by atoms with Crippen LogP contribution in [0.2, 0.25) is 0 Å². The second kappa shape index (κ2) is 11.1. The zero-order valence-electron chi connectivity index (χ0n) is 19.5. The predicted molar refractivity (Wildman–Crippen MR) is 128 cm³/mol. The van der Waals surface area contributed by atoms with Crippen LogP contribution in [0.25, 0.3) is 0 Å². The molecule has 0 heterocycles. The fraction of sp³-hybridized carbons (Fsp3) is 0.417. The van der Waals surface area contributed by atoms with Gasteiger partial charge in [0.15, 0.2) is 0 Å². The molecule has 32 heavy (non-hydrogen) atoms. The molecule has 0 bridgehead atoms. The van der Waals surface area contributed by atoms with E-state index in [-0.39, 0.29) is 19.0 Å². The first-order chi connectivity index (χ1) is 15.1. The van der Waals surface area contributed by atoms with Gasteiger partial charge in [-0.3, -0.25) is 13.9 Å². The summed E-state index contributed by atoms with van der Waals surface area (Å²) in [6.45, 7) is 7.65. The smallest absolute Gasteiger partial charge is 0.244 e. The fourth-order valence-corrected chi connectivity index (χ4v) is 4.49. The molecular formula is C24H33N3O4S. The van der Waals surface area contributed by atoms with Crippen LogP contribution in [-0.2, 0) is 26.2 Å². The van der Waals surface area contributed by atoms with E-state index in [4.69, 9.17) is 0 Å². The quantitative estimate of drug-likeness (QED) is 0.592. The fourth-order valence-electron chi connectivity index (χ4n) is 3.59. The maximum absolute atomic E-state index is 13.5. The molecule has 2 rings (SSSR count). The number of hydrogen-bond acceptors (Lipinski definition) is 4. The van der Waals surface area contributed by atoms with Gasteiger partial charge in [0.2, 0.25) is 21.8 Å². The Kier molecular flexibility index (Phi) is 8.83. The molecule has 0 aliphatic heterocycles. The average molecular weight is 460 g/mol. The average Bonchev–Trinajstić information content (AvgIpc) is 2.74. The number of benzene rings is 2. The molecule has 2 aromatic rings. The number of carbonyl (C=O) groups is 2. The van der Waals surface area contributed by atoms with Crippen LogP contribution in [0.15, 0.2) is 48.5 Å². The molecular weight excluding hydrogens is 426 g/mol. The largest absolute Gasteiger partial charge is 0.355 e. The van der Waals surface area contributed by atoms with E-state index >= 15 is 0 Å². The molecule has 2 amide bonds. The number of carbonyl (C=O) groups excluding carboxylic acids is 2. The van der Waals surface area contributed by atoms with E-state index < -0.39 is 22.0 Å². The zero-order valence-corrected chi connectivity index (χ0v) is 20.3. The number of anilines is 1. The Labute approximate surface area is 191 Å². The first kappa shape index (κ1) is 25.4. The van der Waals surface area contributed by atoms with Crippen LogP contribution in [0, 0.1) is 13.8 Å². The molecule has 0 saturated carbocycles. The Bertz CT molecular complexity index is 1040. The van der Waals surface area contributed by atoms with Gasteiger partial charge in [-0.2, -0.15) is 0 Å². The van der Waals surface area contributed by atoms with Gasteiger partial charge in [0.25, 0.3) is 0 Å². The summed E-state index contributed by atoms with van der Waals surface area (Å²) in [6.07, 6.45) is 1.50. The van der Waals surface area contributed by atoms with Crippen LogP contribution < -0.4 is 9.62 Å². The van der Waals surface area contributed by atoms with Gasteiger partial charge >= 0.3 is 0 Å². The molecule has 1 N–H and O–H groups in total. The lowest BCUT2D eigenvalue weighted by Gasteiger charge is -2.33. The molecule has 0 fully saturated rings. The highest BCUT2D eigenvalue weighted by Crippen LogP contribution is 2.25. The summed E-state index contributed by atoms with van der Waals surface area (Å²) >= 11 is 0. The van der Waals surface area contributed by atoms with Gasteiger partial charge in [-0.25, -0.2) is 8.42 Å². The first-order valence-corrected chi connectivity index (χ1v) is 12.6. The minimum atomic E-state index is -3.74. The van der Waals surface area contributed by atoms with Crippen molar-refractivity contribution < 1.29 is 18.0 Å². The van der Waals surface area contributed by atoms with Crippen molar-refractivity contribution in [3.8, 4) is 0 Å². The van der Waals surface area contributed by atoms with E-state index in [1.54, 1.807) is 12.1 Å². The standard InChI is InChI=1S/C24H33N3O4S/c1-6-21(24(29)25-7-2)26(16-20-13-9-8-10-14-20)23(28)17-27(32(5,30)31)22-15-11-12-18(3)19(22)4/h8-15,21H,6-7,16-17H2,1-5H3,(H,25,29)/t21-/m0/s1. The number of aryl methyl sites for hydroxylation is 1. The summed E-state index contributed by atoms with van der Waals surface area (Å²) in [6, 6.07) is 14.0. The second-order valence-corrected chi connectivity index (χ2v) is 9.72. The maximum Gasteiger partial charge on any atom is 0.244 e. The van der Waals surface area contributed by atoms with E-state index in [1.165, 1.54) is 4.90 Å². The number of nitrogens with one attached hydrogen (secondary N) is 1. The highest BCUT2D eigenvalue weighted by molar-refractivity contribution is 7.92. The van der Waals surface area contributed by atoms with E-state index in [2.05, 4.69) is 5.32 Å². The SMILES string of the molecule is CCNC(=O)[C@H](CC)N(Cc1ccccc1)C(=O)CN(c1cccc(C)c1C)S(C)(=O)=O. The van der Waals surface area contributed by atoms with Gasteiger partial charge in [0.05, 0.1) is 11.9 Å². The van der Waals surface area contributed by atoms with E-state index in [0.29, 0.717) is 18.7 Å². The maximum atomic E-state index is 13.5. The molecule has 0 spiro atoms. The normalized spacial score (nSPS) is 12.2. The van der Waals surface area contributed by atoms with Gasteiger partial charge in [0, 0.05) is 13.1 Å². The highest BCUT2D eigenvalue weighted by atomic mass is 32.2. The van der Waals surface area contributed by atoms with Gasteiger partial charge in [-0.15, -0.1) is 0 Å². The number of nitrogens with zero attached hydrogens (tertiary/aromatic N) is 2. The minimum absolute atomic E-state index is 0.208. The Morgan fingerprint density at radius 1 is 1.00 bits per heavy atom. The number of rotatable bonds is 10. The number of amides is 2. The number of hydrogen-bond donors (Lipinski definition) is 1. The minimum Gasteiger partial charge on any atom is -0.355 e. The molecule has 0 unspecified atom stereocenters. The lowest BCUT2D eigenvalue weighted by molar-refractivity contribution is -0.140. The Morgan fingerprint density at radius 3 is 2.22 bits per heavy atom. The Balaban J connectivity index is 2.45. The van der Waals surface area contributed by atoms with Gasteiger partial charge in [0.1, 0.15) is 12.6 Å². The van der Waals surface area contributed by atoms with Crippen LogP contribution >= 0.6 is 0 Å². The summed E-state index contributed by atoms with van der Waals surface area (Å²) in [5.74, 6) is -0.685. The number of sulfonamides is 1. The molecule has 0 aliphatic carbocycles. The summed E-state index contributed by atoms with van der Waals surface area (Å²) < 4.78 is 26.5. The second-order valence-electron chi connectivity index (χ2n) is 7.81. The van der Waals surface area contributed by atoms with Crippen molar-refractivity contribution in [3.63, 3.8) is 0 Å². The van der Waals surface area contributed by atoms with Crippen molar-refractivity contribution in [2.45, 2.75) is 46.7 Å². The van der Waals surface area contributed by atoms with Crippen LogP contribution in [0.3, 0.4) is 0 Å². The zero-order chi connectivity index (χ0) is 23.9. The summed E-state index contributed by atoms with van der Waals surface area (Å²) in [5, 5.41) is 2.78. The summed E-state index contributed by atoms with van der Waals surface area (Å²) in [4.78, 5) is 27.7. The Hall–Kier alpha value is -2.87. The molecule has 0 radical (unpaired) electrons. The molecule has 174 valence electrons. The van der Waals surface area contributed by atoms with Gasteiger partial charge < -0.3 is 10.2 Å². The molecule has 0 aliphatic rings. The molecule has 8 heteroatoms. The van der Waals surface area contributed by atoms with Crippen LogP contribution in [0.1, 0.15) is 37.0 Å². The predicted octanol–water partition coefficient (Wildman–Crippen LogP) is 3.01. The van der Waals surface area contributed by atoms with E-state index in [9.17, 15) is 18.0 Å². The third kappa shape index (κ3) is 6.32. The highest BCUT2D eigenvalue weighted by Gasteiger charge is 2.31. The van der Waals surface area contributed by atoms with Crippen molar-refractivity contribution in [3.05, 3.63) is 65.2 Å². The first-order valence-electron chi connectivity index (χ1n) is 10.7. The van der Waals surface area contributed by atoms with Crippen molar-refractivity contribution in [2.75, 3.05) is 23.7 Å².